The van der Waals surface area contributed by atoms with Gasteiger partial charge in [-0.3, -0.25) is 9.59 Å². The summed E-state index contributed by atoms with van der Waals surface area (Å²) in [5, 5.41) is 15.4. The molecule has 2 aromatic carbocycles. The van der Waals surface area contributed by atoms with Crippen LogP contribution in [0.5, 0.6) is 0 Å². The first-order chi connectivity index (χ1) is 13.0. The first-order valence-electron chi connectivity index (χ1n) is 8.74. The fourth-order valence-electron chi connectivity index (χ4n) is 3.15. The number of rotatable bonds is 4. The predicted octanol–water partition coefficient (Wildman–Crippen LogP) is 2.94. The Labute approximate surface area is 157 Å². The van der Waals surface area contributed by atoms with Crippen molar-refractivity contribution in [2.75, 3.05) is 11.4 Å². The molecule has 27 heavy (non-hydrogen) atoms. The number of amides is 1. The van der Waals surface area contributed by atoms with Crippen molar-refractivity contribution >= 4 is 22.4 Å². The molecule has 1 amide bonds. The molecule has 0 N–H and O–H groups in total. The second-order valence-corrected chi connectivity index (χ2v) is 6.30. The van der Waals surface area contributed by atoms with E-state index in [1.165, 1.54) is 0 Å². The van der Waals surface area contributed by atoms with Crippen molar-refractivity contribution in [3.8, 4) is 6.07 Å². The zero-order valence-electron chi connectivity index (χ0n) is 15.6. The number of nitrogens with zero attached hydrogens (tertiary/aromatic N) is 4. The van der Waals surface area contributed by atoms with E-state index < -0.39 is 5.56 Å². The molecule has 0 radical (unpaired) electrons. The zero-order valence-corrected chi connectivity index (χ0v) is 15.6. The van der Waals surface area contributed by atoms with Gasteiger partial charge < -0.3 is 4.90 Å². The van der Waals surface area contributed by atoms with E-state index in [1.807, 2.05) is 55.5 Å². The Morgan fingerprint density at radius 3 is 2.59 bits per heavy atom. The molecule has 0 saturated heterocycles. The van der Waals surface area contributed by atoms with Gasteiger partial charge in [0.2, 0.25) is 5.91 Å². The van der Waals surface area contributed by atoms with Crippen LogP contribution in [0.3, 0.4) is 0 Å². The Morgan fingerprint density at radius 1 is 1.19 bits per heavy atom. The number of hydrogen-bond acceptors (Lipinski definition) is 4. The average Bonchev–Trinajstić information content (AvgIpc) is 2.67. The zero-order chi connectivity index (χ0) is 19.6. The van der Waals surface area contributed by atoms with Gasteiger partial charge in [0.25, 0.3) is 5.56 Å². The van der Waals surface area contributed by atoms with Crippen molar-refractivity contribution in [3.05, 3.63) is 69.6 Å². The maximum atomic E-state index is 13.0. The molecule has 3 rings (SSSR count). The fraction of sp³-hybridized carbons (Fsp3) is 0.238. The Hall–Kier alpha value is -3.46. The van der Waals surface area contributed by atoms with Gasteiger partial charge in [-0.15, -0.1) is 0 Å². The minimum Gasteiger partial charge on any atom is -0.310 e. The lowest BCUT2D eigenvalue weighted by atomic mass is 10.1. The smallest absolute Gasteiger partial charge is 0.285 e. The quantitative estimate of drug-likeness (QED) is 0.716. The molecule has 0 bridgehead atoms. The number of aromatic nitrogens is 2. The SMILES string of the molecule is CCN(C(=O)Cn1nc(C)c(C)c(C#N)c1=O)c1cccc2ccccc12. The van der Waals surface area contributed by atoms with Gasteiger partial charge in [-0.1, -0.05) is 36.4 Å². The summed E-state index contributed by atoms with van der Waals surface area (Å²) >= 11 is 0. The van der Waals surface area contributed by atoms with E-state index in [0.717, 1.165) is 21.1 Å². The Kier molecular flexibility index (Phi) is 5.04. The Bertz CT molecular complexity index is 1120. The number of carbonyl (C=O) groups is 1. The van der Waals surface area contributed by atoms with Crippen LogP contribution in [-0.2, 0) is 11.3 Å². The largest absolute Gasteiger partial charge is 0.310 e. The predicted molar refractivity (Wildman–Crippen MR) is 105 cm³/mol. The molecule has 0 aliphatic carbocycles. The summed E-state index contributed by atoms with van der Waals surface area (Å²) in [4.78, 5) is 27.1. The van der Waals surface area contributed by atoms with Crippen LogP contribution in [-0.4, -0.2) is 22.2 Å². The van der Waals surface area contributed by atoms with Gasteiger partial charge in [-0.25, -0.2) is 4.68 Å². The Balaban J connectivity index is 2.01. The lowest BCUT2D eigenvalue weighted by Crippen LogP contribution is -2.38. The van der Waals surface area contributed by atoms with Crippen LogP contribution < -0.4 is 10.5 Å². The lowest BCUT2D eigenvalue weighted by molar-refractivity contribution is -0.119. The second-order valence-electron chi connectivity index (χ2n) is 6.30. The highest BCUT2D eigenvalue weighted by Gasteiger charge is 2.19. The van der Waals surface area contributed by atoms with Crippen LogP contribution in [0.4, 0.5) is 5.69 Å². The number of aryl methyl sites for hydroxylation is 1. The van der Waals surface area contributed by atoms with Crippen LogP contribution in [0, 0.1) is 25.2 Å². The number of carbonyl (C=O) groups excluding carboxylic acids is 1. The molecule has 6 heteroatoms. The van der Waals surface area contributed by atoms with Gasteiger partial charge in [-0.2, -0.15) is 10.4 Å². The van der Waals surface area contributed by atoms with E-state index in [2.05, 4.69) is 5.10 Å². The molecular formula is C21H20N4O2. The van der Waals surface area contributed by atoms with Gasteiger partial charge in [0.1, 0.15) is 18.2 Å². The number of likely N-dealkylation sites (N-methyl/N-ethyl adjacent to an activating group) is 1. The van der Waals surface area contributed by atoms with E-state index in [-0.39, 0.29) is 18.0 Å². The number of benzene rings is 2. The third-order valence-electron chi connectivity index (χ3n) is 4.71. The molecule has 0 fully saturated rings. The minimum absolute atomic E-state index is 0.0310. The fourth-order valence-corrected chi connectivity index (χ4v) is 3.15. The third kappa shape index (κ3) is 3.32. The van der Waals surface area contributed by atoms with E-state index in [0.29, 0.717) is 17.8 Å². The highest BCUT2D eigenvalue weighted by molar-refractivity contribution is 6.03. The highest BCUT2D eigenvalue weighted by atomic mass is 16.2. The van der Waals surface area contributed by atoms with E-state index in [1.54, 1.807) is 18.7 Å². The summed E-state index contributed by atoms with van der Waals surface area (Å²) in [7, 11) is 0. The Morgan fingerprint density at radius 2 is 1.89 bits per heavy atom. The van der Waals surface area contributed by atoms with Crippen molar-refractivity contribution in [2.45, 2.75) is 27.3 Å². The second kappa shape index (κ2) is 7.42. The minimum atomic E-state index is -0.539. The van der Waals surface area contributed by atoms with Crippen LogP contribution in [0.1, 0.15) is 23.7 Å². The third-order valence-corrected chi connectivity index (χ3v) is 4.71. The van der Waals surface area contributed by atoms with Crippen molar-refractivity contribution in [2.24, 2.45) is 0 Å². The normalized spacial score (nSPS) is 10.6. The van der Waals surface area contributed by atoms with E-state index >= 15 is 0 Å². The molecule has 1 heterocycles. The summed E-state index contributed by atoms with van der Waals surface area (Å²) in [6, 6.07) is 15.5. The van der Waals surface area contributed by atoms with Gasteiger partial charge in [0, 0.05) is 11.9 Å². The van der Waals surface area contributed by atoms with Gasteiger partial charge in [0.15, 0.2) is 0 Å². The van der Waals surface area contributed by atoms with E-state index in [9.17, 15) is 14.9 Å². The molecule has 136 valence electrons. The average molecular weight is 360 g/mol. The first kappa shape index (κ1) is 18.3. The standard InChI is InChI=1S/C21H20N4O2/c1-4-24(19-11-7-9-16-8-5-6-10-17(16)19)20(26)13-25-21(27)18(12-22)14(2)15(3)23-25/h5-11H,4,13H2,1-3H3. The maximum absolute atomic E-state index is 13.0. The summed E-state index contributed by atoms with van der Waals surface area (Å²) in [6.07, 6.45) is 0. The van der Waals surface area contributed by atoms with Gasteiger partial charge in [0.05, 0.1) is 11.4 Å². The lowest BCUT2D eigenvalue weighted by Gasteiger charge is -2.23. The summed E-state index contributed by atoms with van der Waals surface area (Å²) in [6.45, 7) is 5.53. The van der Waals surface area contributed by atoms with Crippen molar-refractivity contribution in [1.82, 2.24) is 9.78 Å². The summed E-state index contributed by atoms with van der Waals surface area (Å²) < 4.78 is 1.08. The van der Waals surface area contributed by atoms with Crippen LogP contribution in [0.2, 0.25) is 0 Å². The summed E-state index contributed by atoms with van der Waals surface area (Å²) in [5.41, 5.74) is 1.39. The first-order valence-corrected chi connectivity index (χ1v) is 8.74. The molecule has 0 aliphatic heterocycles. The molecule has 3 aromatic rings. The van der Waals surface area contributed by atoms with Gasteiger partial charge in [-0.05, 0) is 37.8 Å². The summed E-state index contributed by atoms with van der Waals surface area (Å²) in [5.74, 6) is -0.254. The number of fused-ring (bicyclic) bond motifs is 1. The van der Waals surface area contributed by atoms with Gasteiger partial charge >= 0.3 is 0 Å². The molecule has 0 saturated carbocycles. The van der Waals surface area contributed by atoms with Crippen LogP contribution >= 0.6 is 0 Å². The number of anilines is 1. The van der Waals surface area contributed by atoms with Crippen molar-refractivity contribution < 1.29 is 4.79 Å². The molecule has 1 aromatic heterocycles. The molecule has 6 nitrogen and oxygen atoms in total. The molecular weight excluding hydrogens is 340 g/mol. The maximum Gasteiger partial charge on any atom is 0.285 e. The monoisotopic (exact) mass is 360 g/mol. The highest BCUT2D eigenvalue weighted by Crippen LogP contribution is 2.26. The van der Waals surface area contributed by atoms with Crippen molar-refractivity contribution in [1.29, 1.82) is 5.26 Å². The number of nitriles is 1. The number of hydrogen-bond donors (Lipinski definition) is 0. The van der Waals surface area contributed by atoms with E-state index in [4.69, 9.17) is 0 Å². The molecule has 0 unspecified atom stereocenters. The molecule has 0 spiro atoms. The van der Waals surface area contributed by atoms with Crippen LogP contribution in [0.15, 0.2) is 47.3 Å². The van der Waals surface area contributed by atoms with Crippen LogP contribution in [0.25, 0.3) is 10.8 Å². The molecule has 0 atom stereocenters. The topological polar surface area (TPSA) is 79.0 Å². The molecule has 0 aliphatic rings. The van der Waals surface area contributed by atoms with Crippen molar-refractivity contribution in [3.63, 3.8) is 0 Å².